The van der Waals surface area contributed by atoms with Gasteiger partial charge in [-0.1, -0.05) is 6.07 Å². The van der Waals surface area contributed by atoms with Gasteiger partial charge in [0, 0.05) is 6.20 Å². The number of amidine groups is 1. The van der Waals surface area contributed by atoms with Crippen LogP contribution < -0.4 is 5.73 Å². The van der Waals surface area contributed by atoms with Gasteiger partial charge < -0.3 is 5.73 Å². The number of alkyl halides is 1. The molecule has 13 heavy (non-hydrogen) atoms. The summed E-state index contributed by atoms with van der Waals surface area (Å²) in [5, 5.41) is 0. The topological polar surface area (TPSA) is 51.3 Å². The number of aliphatic imine (C=N–C) groups is 1. The highest BCUT2D eigenvalue weighted by Crippen LogP contribution is 1.95. The van der Waals surface area contributed by atoms with Crippen LogP contribution in [0.3, 0.4) is 0 Å². The fourth-order valence-corrected chi connectivity index (χ4v) is 0.801. The zero-order chi connectivity index (χ0) is 8.81. The third-order valence-electron chi connectivity index (χ3n) is 1.31. The van der Waals surface area contributed by atoms with Crippen molar-refractivity contribution >= 4 is 29.8 Å². The quantitative estimate of drug-likeness (QED) is 0.477. The molecule has 2 N–H and O–H groups in total. The molecule has 0 aromatic carbocycles. The standard InChI is InChI=1S/C8H10ClN3.ClH/c9-5-8(10)12-6-7-3-1-2-4-11-7;/h1-4H,5-6H2,(H2,10,12);1H. The van der Waals surface area contributed by atoms with Gasteiger partial charge in [-0.3, -0.25) is 9.98 Å². The minimum absolute atomic E-state index is 0. The second kappa shape index (κ2) is 6.69. The molecule has 1 aromatic heterocycles. The Kier molecular flexibility index (Phi) is 6.28. The van der Waals surface area contributed by atoms with Gasteiger partial charge in [0.1, 0.15) is 5.84 Å². The molecule has 0 aliphatic carbocycles. The molecule has 0 unspecified atom stereocenters. The Morgan fingerprint density at radius 2 is 2.31 bits per heavy atom. The molecule has 0 fully saturated rings. The van der Waals surface area contributed by atoms with Gasteiger partial charge in [0.2, 0.25) is 0 Å². The van der Waals surface area contributed by atoms with E-state index in [1.165, 1.54) is 0 Å². The first kappa shape index (κ1) is 12.2. The Labute approximate surface area is 88.4 Å². The van der Waals surface area contributed by atoms with Crippen molar-refractivity contribution in [2.75, 3.05) is 5.88 Å². The van der Waals surface area contributed by atoms with E-state index in [-0.39, 0.29) is 18.3 Å². The van der Waals surface area contributed by atoms with E-state index >= 15 is 0 Å². The number of rotatable bonds is 3. The maximum atomic E-state index is 5.44. The summed E-state index contributed by atoms with van der Waals surface area (Å²) in [6, 6.07) is 5.66. The summed E-state index contributed by atoms with van der Waals surface area (Å²) < 4.78 is 0. The van der Waals surface area contributed by atoms with Crippen LogP contribution in [-0.2, 0) is 6.54 Å². The fraction of sp³-hybridized carbons (Fsp3) is 0.250. The van der Waals surface area contributed by atoms with E-state index in [0.717, 1.165) is 5.69 Å². The van der Waals surface area contributed by atoms with Gasteiger partial charge in [-0.2, -0.15) is 0 Å². The molecule has 5 heteroatoms. The van der Waals surface area contributed by atoms with Crippen molar-refractivity contribution in [3.05, 3.63) is 30.1 Å². The Balaban J connectivity index is 0.00000144. The lowest BCUT2D eigenvalue weighted by Crippen LogP contribution is -2.13. The Bertz CT molecular complexity index is 261. The van der Waals surface area contributed by atoms with Crippen molar-refractivity contribution in [3.63, 3.8) is 0 Å². The van der Waals surface area contributed by atoms with Crippen LogP contribution in [0, 0.1) is 0 Å². The van der Waals surface area contributed by atoms with Crippen molar-refractivity contribution in [2.45, 2.75) is 6.54 Å². The predicted molar refractivity (Wildman–Crippen MR) is 57.5 cm³/mol. The third kappa shape index (κ3) is 4.70. The SMILES string of the molecule is Cl.NC(CCl)=NCc1ccccn1. The van der Waals surface area contributed by atoms with Crippen LogP contribution in [0.1, 0.15) is 5.69 Å². The molecule has 0 bridgehead atoms. The van der Waals surface area contributed by atoms with E-state index in [2.05, 4.69) is 9.98 Å². The molecule has 0 amide bonds. The second-order valence-electron chi connectivity index (χ2n) is 2.26. The largest absolute Gasteiger partial charge is 0.386 e. The average Bonchev–Trinajstić information content (AvgIpc) is 2.16. The van der Waals surface area contributed by atoms with Crippen molar-refractivity contribution in [1.82, 2.24) is 4.98 Å². The minimum atomic E-state index is 0. The molecule has 1 heterocycles. The molecule has 0 spiro atoms. The van der Waals surface area contributed by atoms with Gasteiger partial charge in [0.05, 0.1) is 18.1 Å². The second-order valence-corrected chi connectivity index (χ2v) is 2.53. The first-order chi connectivity index (χ1) is 5.83. The van der Waals surface area contributed by atoms with Gasteiger partial charge in [0.15, 0.2) is 0 Å². The van der Waals surface area contributed by atoms with Gasteiger partial charge in [-0.25, -0.2) is 0 Å². The molecule has 0 aliphatic heterocycles. The molecule has 0 saturated carbocycles. The summed E-state index contributed by atoms with van der Waals surface area (Å²) in [4.78, 5) is 8.09. The molecule has 3 nitrogen and oxygen atoms in total. The molecule has 0 aliphatic rings. The molecule has 1 rings (SSSR count). The van der Waals surface area contributed by atoms with Crippen LogP contribution in [0.4, 0.5) is 0 Å². The highest BCUT2D eigenvalue weighted by atomic mass is 35.5. The minimum Gasteiger partial charge on any atom is -0.386 e. The number of nitrogens with zero attached hydrogens (tertiary/aromatic N) is 2. The van der Waals surface area contributed by atoms with Crippen LogP contribution in [0.25, 0.3) is 0 Å². The van der Waals surface area contributed by atoms with E-state index in [0.29, 0.717) is 12.4 Å². The Morgan fingerprint density at radius 3 is 2.85 bits per heavy atom. The number of halogens is 2. The van der Waals surface area contributed by atoms with Gasteiger partial charge in [0.25, 0.3) is 0 Å². The van der Waals surface area contributed by atoms with Crippen LogP contribution >= 0.6 is 24.0 Å². The van der Waals surface area contributed by atoms with Crippen molar-refractivity contribution in [2.24, 2.45) is 10.7 Å². The van der Waals surface area contributed by atoms with Gasteiger partial charge >= 0.3 is 0 Å². The summed E-state index contributed by atoms with van der Waals surface area (Å²) in [6.07, 6.45) is 1.72. The van der Waals surface area contributed by atoms with Crippen LogP contribution in [0.5, 0.6) is 0 Å². The molecule has 0 saturated heterocycles. The lowest BCUT2D eigenvalue weighted by atomic mass is 10.3. The average molecular weight is 220 g/mol. The Hall–Kier alpha value is -0.800. The lowest BCUT2D eigenvalue weighted by molar-refractivity contribution is 0.985. The predicted octanol–water partition coefficient (Wildman–Crippen LogP) is 1.60. The van der Waals surface area contributed by atoms with Gasteiger partial charge in [-0.05, 0) is 12.1 Å². The molecule has 0 atom stereocenters. The van der Waals surface area contributed by atoms with E-state index in [9.17, 15) is 0 Å². The highest BCUT2D eigenvalue weighted by molar-refractivity contribution is 6.27. The molecular weight excluding hydrogens is 209 g/mol. The summed E-state index contributed by atoms with van der Waals surface area (Å²) in [6.45, 7) is 0.499. The third-order valence-corrected chi connectivity index (χ3v) is 1.58. The summed E-state index contributed by atoms with van der Waals surface area (Å²) in [5.74, 6) is 0.717. The molecular formula is C8H11Cl2N3. The van der Waals surface area contributed by atoms with Crippen molar-refractivity contribution in [3.8, 4) is 0 Å². The first-order valence-corrected chi connectivity index (χ1v) is 4.11. The molecule has 72 valence electrons. The van der Waals surface area contributed by atoms with E-state index in [4.69, 9.17) is 17.3 Å². The van der Waals surface area contributed by atoms with Gasteiger partial charge in [-0.15, -0.1) is 24.0 Å². The molecule has 0 radical (unpaired) electrons. The Morgan fingerprint density at radius 1 is 1.54 bits per heavy atom. The number of hydrogen-bond donors (Lipinski definition) is 1. The molecule has 1 aromatic rings. The maximum Gasteiger partial charge on any atom is 0.109 e. The highest BCUT2D eigenvalue weighted by Gasteiger charge is 1.90. The van der Waals surface area contributed by atoms with Crippen LogP contribution in [0.2, 0.25) is 0 Å². The monoisotopic (exact) mass is 219 g/mol. The first-order valence-electron chi connectivity index (χ1n) is 3.57. The number of pyridine rings is 1. The van der Waals surface area contributed by atoms with E-state index in [1.807, 2.05) is 18.2 Å². The lowest BCUT2D eigenvalue weighted by Gasteiger charge is -1.95. The number of hydrogen-bond acceptors (Lipinski definition) is 2. The number of nitrogens with two attached hydrogens (primary N) is 1. The zero-order valence-electron chi connectivity index (χ0n) is 6.98. The smallest absolute Gasteiger partial charge is 0.109 e. The maximum absolute atomic E-state index is 5.44. The van der Waals surface area contributed by atoms with Crippen molar-refractivity contribution < 1.29 is 0 Å². The zero-order valence-corrected chi connectivity index (χ0v) is 8.55. The van der Waals surface area contributed by atoms with E-state index in [1.54, 1.807) is 6.20 Å². The van der Waals surface area contributed by atoms with Crippen molar-refractivity contribution in [1.29, 1.82) is 0 Å². The fourth-order valence-electron chi connectivity index (χ4n) is 0.716. The summed E-state index contributed by atoms with van der Waals surface area (Å²) >= 11 is 5.44. The van der Waals surface area contributed by atoms with Crippen LogP contribution in [0.15, 0.2) is 29.4 Å². The number of aromatic nitrogens is 1. The van der Waals surface area contributed by atoms with E-state index < -0.39 is 0 Å². The summed E-state index contributed by atoms with van der Waals surface area (Å²) in [7, 11) is 0. The summed E-state index contributed by atoms with van der Waals surface area (Å²) in [5.41, 5.74) is 6.31. The van der Waals surface area contributed by atoms with Crippen LogP contribution in [-0.4, -0.2) is 16.7 Å². The normalized spacial score (nSPS) is 10.7.